The standard InChI is InChI=1S/C4H6N2O6/c1-4(5(9)10,6(11)12)3(8)2-7/h7H,2H2,1H3. The van der Waals surface area contributed by atoms with Crippen molar-refractivity contribution in [1.29, 1.82) is 0 Å². The van der Waals surface area contributed by atoms with Crippen LogP contribution in [-0.2, 0) is 4.79 Å². The number of aliphatic hydroxyl groups is 1. The van der Waals surface area contributed by atoms with Crippen LogP contribution in [0.1, 0.15) is 6.92 Å². The summed E-state index contributed by atoms with van der Waals surface area (Å²) in [5.74, 6) is -1.45. The minimum Gasteiger partial charge on any atom is -0.388 e. The molecule has 0 spiro atoms. The Balaban J connectivity index is 5.01. The van der Waals surface area contributed by atoms with Crippen molar-refractivity contribution >= 4 is 5.78 Å². The number of carbonyl (C=O) groups excluding carboxylic acids is 1. The molecule has 0 radical (unpaired) electrons. The summed E-state index contributed by atoms with van der Waals surface area (Å²) < 4.78 is 0. The van der Waals surface area contributed by atoms with E-state index in [4.69, 9.17) is 5.11 Å². The lowest BCUT2D eigenvalue weighted by Crippen LogP contribution is -2.51. The van der Waals surface area contributed by atoms with E-state index in [2.05, 4.69) is 0 Å². The van der Waals surface area contributed by atoms with Crippen molar-refractivity contribution in [1.82, 2.24) is 0 Å². The third-order valence-electron chi connectivity index (χ3n) is 1.38. The lowest BCUT2D eigenvalue weighted by Gasteiger charge is -2.08. The Kier molecular flexibility index (Phi) is 2.80. The Morgan fingerprint density at radius 2 is 1.75 bits per heavy atom. The summed E-state index contributed by atoms with van der Waals surface area (Å²) in [6.07, 6.45) is 0. The second-order valence-corrected chi connectivity index (χ2v) is 2.12. The fourth-order valence-corrected chi connectivity index (χ4v) is 0.420. The molecule has 0 aromatic heterocycles. The second-order valence-electron chi connectivity index (χ2n) is 2.12. The molecule has 8 heteroatoms. The van der Waals surface area contributed by atoms with Gasteiger partial charge >= 0.3 is 11.4 Å². The summed E-state index contributed by atoms with van der Waals surface area (Å²) in [5.41, 5.74) is -2.94. The Bertz CT molecular complexity index is 222. The first kappa shape index (κ1) is 10.4. The van der Waals surface area contributed by atoms with E-state index in [1.165, 1.54) is 0 Å². The SMILES string of the molecule is CC(C(=O)CO)([N+](=O)[O-])[N+](=O)[O-]. The van der Waals surface area contributed by atoms with Crippen LogP contribution in [0.5, 0.6) is 0 Å². The van der Waals surface area contributed by atoms with Gasteiger partial charge in [0, 0.05) is 0 Å². The highest BCUT2D eigenvalue weighted by Gasteiger charge is 2.58. The molecule has 1 N–H and O–H groups in total. The molecule has 0 aromatic rings. The van der Waals surface area contributed by atoms with Crippen molar-refractivity contribution in [2.45, 2.75) is 12.6 Å². The van der Waals surface area contributed by atoms with E-state index in [0.29, 0.717) is 6.92 Å². The summed E-state index contributed by atoms with van der Waals surface area (Å²) in [6.45, 7) is -0.690. The minimum absolute atomic E-state index is 0.533. The zero-order valence-electron chi connectivity index (χ0n) is 6.09. The number of Topliss-reactive ketones (excluding diaryl/α,β-unsaturated/α-hetero) is 1. The molecule has 0 fully saturated rings. The first-order valence-electron chi connectivity index (χ1n) is 2.80. The number of rotatable bonds is 4. The van der Waals surface area contributed by atoms with Crippen LogP contribution < -0.4 is 0 Å². The van der Waals surface area contributed by atoms with Crippen molar-refractivity contribution in [2.75, 3.05) is 6.61 Å². The normalized spacial score (nSPS) is 10.8. The maximum Gasteiger partial charge on any atom is 0.515 e. The topological polar surface area (TPSA) is 124 Å². The predicted molar refractivity (Wildman–Crippen MR) is 34.5 cm³/mol. The van der Waals surface area contributed by atoms with Crippen molar-refractivity contribution in [3.63, 3.8) is 0 Å². The molecule has 0 amide bonds. The van der Waals surface area contributed by atoms with Gasteiger partial charge in [-0.3, -0.25) is 25.0 Å². The number of nitro groups is 2. The van der Waals surface area contributed by atoms with Gasteiger partial charge in [-0.1, -0.05) is 0 Å². The van der Waals surface area contributed by atoms with Crippen molar-refractivity contribution in [3.8, 4) is 0 Å². The third kappa shape index (κ3) is 1.37. The quantitative estimate of drug-likeness (QED) is 0.328. The van der Waals surface area contributed by atoms with Crippen molar-refractivity contribution < 1.29 is 19.7 Å². The van der Waals surface area contributed by atoms with Crippen LogP contribution in [0.4, 0.5) is 0 Å². The number of hydrogen-bond acceptors (Lipinski definition) is 6. The number of aliphatic hydroxyl groups excluding tert-OH is 1. The Hall–Kier alpha value is -1.57. The highest BCUT2D eigenvalue weighted by atomic mass is 16.7. The third-order valence-corrected chi connectivity index (χ3v) is 1.38. The minimum atomic E-state index is -2.94. The van der Waals surface area contributed by atoms with Gasteiger partial charge in [-0.2, -0.15) is 0 Å². The van der Waals surface area contributed by atoms with Crippen LogP contribution >= 0.6 is 0 Å². The number of hydrogen-bond donors (Lipinski definition) is 1. The summed E-state index contributed by atoms with van der Waals surface area (Å²) >= 11 is 0. The molecule has 0 heterocycles. The van der Waals surface area contributed by atoms with Crippen molar-refractivity contribution in [2.24, 2.45) is 0 Å². The van der Waals surface area contributed by atoms with Crippen LogP contribution in [-0.4, -0.2) is 33.0 Å². The van der Waals surface area contributed by atoms with Crippen molar-refractivity contribution in [3.05, 3.63) is 20.2 Å². The highest BCUT2D eigenvalue weighted by molar-refractivity contribution is 5.85. The lowest BCUT2D eigenvalue weighted by atomic mass is 10.1. The number of nitrogens with zero attached hydrogens (tertiary/aromatic N) is 2. The van der Waals surface area contributed by atoms with Gasteiger partial charge in [-0.05, 0) is 0 Å². The van der Waals surface area contributed by atoms with Crippen LogP contribution in [0.25, 0.3) is 0 Å². The van der Waals surface area contributed by atoms with E-state index in [1.807, 2.05) is 0 Å². The molecule has 0 aliphatic carbocycles. The average molecular weight is 178 g/mol. The maximum atomic E-state index is 10.6. The molecule has 0 saturated heterocycles. The number of carbonyl (C=O) groups is 1. The summed E-state index contributed by atoms with van der Waals surface area (Å²) in [7, 11) is 0. The van der Waals surface area contributed by atoms with Crippen LogP contribution in [0.2, 0.25) is 0 Å². The first-order valence-corrected chi connectivity index (χ1v) is 2.80. The highest BCUT2D eigenvalue weighted by Crippen LogP contribution is 2.10. The molecular formula is C4H6N2O6. The lowest BCUT2D eigenvalue weighted by molar-refractivity contribution is -0.770. The van der Waals surface area contributed by atoms with Gasteiger partial charge in [-0.25, -0.2) is 0 Å². The zero-order valence-corrected chi connectivity index (χ0v) is 6.09. The summed E-state index contributed by atoms with van der Waals surface area (Å²) in [4.78, 5) is 28.1. The average Bonchev–Trinajstić information content (AvgIpc) is 2.00. The van der Waals surface area contributed by atoms with E-state index >= 15 is 0 Å². The first-order chi connectivity index (χ1) is 5.37. The molecule has 8 nitrogen and oxygen atoms in total. The molecule has 0 aromatic carbocycles. The van der Waals surface area contributed by atoms with E-state index in [0.717, 1.165) is 0 Å². The Morgan fingerprint density at radius 3 is 1.83 bits per heavy atom. The van der Waals surface area contributed by atoms with Gasteiger partial charge in [0.05, 0.1) is 6.92 Å². The predicted octanol–water partition coefficient (Wildman–Crippen LogP) is -1.18. The Labute approximate surface area is 66.1 Å². The largest absolute Gasteiger partial charge is 0.515 e. The smallest absolute Gasteiger partial charge is 0.388 e. The molecular weight excluding hydrogens is 172 g/mol. The van der Waals surface area contributed by atoms with Gasteiger partial charge in [0.2, 0.25) is 0 Å². The van der Waals surface area contributed by atoms with E-state index in [-0.39, 0.29) is 0 Å². The van der Waals surface area contributed by atoms with E-state index < -0.39 is 27.9 Å². The molecule has 68 valence electrons. The van der Waals surface area contributed by atoms with Gasteiger partial charge in [-0.15, -0.1) is 0 Å². The second kappa shape index (κ2) is 3.22. The molecule has 0 aliphatic rings. The van der Waals surface area contributed by atoms with Gasteiger partial charge in [0.1, 0.15) is 16.5 Å². The van der Waals surface area contributed by atoms with E-state index in [9.17, 15) is 25.0 Å². The van der Waals surface area contributed by atoms with Gasteiger partial charge in [0.25, 0.3) is 0 Å². The van der Waals surface area contributed by atoms with Gasteiger partial charge < -0.3 is 5.11 Å². The number of ketones is 1. The molecule has 0 bridgehead atoms. The van der Waals surface area contributed by atoms with Crippen LogP contribution in [0.15, 0.2) is 0 Å². The molecule has 0 unspecified atom stereocenters. The van der Waals surface area contributed by atoms with Gasteiger partial charge in [0.15, 0.2) is 0 Å². The Morgan fingerprint density at radius 1 is 1.42 bits per heavy atom. The summed E-state index contributed by atoms with van der Waals surface area (Å²) in [6, 6.07) is 0. The molecule has 0 aliphatic heterocycles. The van der Waals surface area contributed by atoms with Crippen LogP contribution in [0.3, 0.4) is 0 Å². The molecule has 0 atom stereocenters. The summed E-state index contributed by atoms with van der Waals surface area (Å²) in [5, 5.41) is 28.4. The molecule has 0 rings (SSSR count). The maximum absolute atomic E-state index is 10.6. The van der Waals surface area contributed by atoms with Crippen LogP contribution in [0, 0.1) is 20.2 Å². The monoisotopic (exact) mass is 178 g/mol. The van der Waals surface area contributed by atoms with E-state index in [1.54, 1.807) is 0 Å². The zero-order chi connectivity index (χ0) is 9.94. The molecule has 12 heavy (non-hydrogen) atoms. The fraction of sp³-hybridized carbons (Fsp3) is 0.750. The fourth-order valence-electron chi connectivity index (χ4n) is 0.420. The molecule has 0 saturated carbocycles.